The lowest BCUT2D eigenvalue weighted by Gasteiger charge is -2.23. The Kier molecular flexibility index (Phi) is 2.94. The number of aliphatic imine (C=N–C) groups is 1. The summed E-state index contributed by atoms with van der Waals surface area (Å²) in [7, 11) is 2.15. The molecule has 2 aliphatic rings. The fraction of sp³-hybridized carbons (Fsp3) is 0.438. The second kappa shape index (κ2) is 4.60. The summed E-state index contributed by atoms with van der Waals surface area (Å²) in [6, 6.07) is 8.80. The van der Waals surface area contributed by atoms with Crippen LogP contribution in [-0.4, -0.2) is 30.9 Å². The van der Waals surface area contributed by atoms with Crippen molar-refractivity contribution in [2.45, 2.75) is 26.2 Å². The van der Waals surface area contributed by atoms with E-state index in [9.17, 15) is 0 Å². The Bertz CT molecular complexity index is 526. The quantitative estimate of drug-likeness (QED) is 0.775. The standard InChI is InChI=1S/C16H20N2/c1-12-14(11-16-17-9-10-18(16)2)8-7-13-5-3-4-6-15(12)13/h3-6H,7-11H2,1-2H3. The average Bonchev–Trinajstić information content (AvgIpc) is 2.79. The molecule has 3 rings (SSSR count). The third-order valence-electron chi connectivity index (χ3n) is 4.19. The van der Waals surface area contributed by atoms with E-state index in [1.165, 1.54) is 35.4 Å². The van der Waals surface area contributed by atoms with Gasteiger partial charge in [-0.25, -0.2) is 0 Å². The van der Waals surface area contributed by atoms with Crippen LogP contribution in [0.5, 0.6) is 0 Å². The summed E-state index contributed by atoms with van der Waals surface area (Å²) in [6.07, 6.45) is 3.41. The van der Waals surface area contributed by atoms with Crippen LogP contribution in [0.1, 0.15) is 30.9 Å². The maximum absolute atomic E-state index is 4.61. The molecule has 0 amide bonds. The van der Waals surface area contributed by atoms with Gasteiger partial charge in [0.2, 0.25) is 0 Å². The molecule has 0 bridgehead atoms. The highest BCUT2D eigenvalue weighted by atomic mass is 15.2. The second-order valence-corrected chi connectivity index (χ2v) is 5.28. The molecule has 0 radical (unpaired) electrons. The normalized spacial score (nSPS) is 19.0. The van der Waals surface area contributed by atoms with Crippen LogP contribution < -0.4 is 0 Å². The van der Waals surface area contributed by atoms with Crippen LogP contribution in [0.2, 0.25) is 0 Å². The third kappa shape index (κ3) is 1.96. The molecule has 1 aliphatic carbocycles. The molecular formula is C16H20N2. The summed E-state index contributed by atoms with van der Waals surface area (Å²) in [4.78, 5) is 6.90. The fourth-order valence-electron chi connectivity index (χ4n) is 2.95. The summed E-state index contributed by atoms with van der Waals surface area (Å²) in [6.45, 7) is 4.32. The molecule has 1 heterocycles. The van der Waals surface area contributed by atoms with Gasteiger partial charge in [0.1, 0.15) is 5.84 Å². The Balaban J connectivity index is 1.89. The lowest BCUT2D eigenvalue weighted by atomic mass is 9.85. The summed E-state index contributed by atoms with van der Waals surface area (Å²) in [5, 5.41) is 0. The van der Waals surface area contributed by atoms with E-state index in [2.05, 4.69) is 48.1 Å². The number of aryl methyl sites for hydroxylation is 1. The largest absolute Gasteiger partial charge is 0.361 e. The zero-order valence-corrected chi connectivity index (χ0v) is 11.2. The zero-order chi connectivity index (χ0) is 12.5. The van der Waals surface area contributed by atoms with Gasteiger partial charge in [-0.1, -0.05) is 29.8 Å². The van der Waals surface area contributed by atoms with Crippen molar-refractivity contribution in [3.8, 4) is 0 Å². The molecule has 1 aromatic rings. The number of hydrogen-bond acceptors (Lipinski definition) is 2. The first kappa shape index (κ1) is 11.5. The predicted octanol–water partition coefficient (Wildman–Crippen LogP) is 3.14. The van der Waals surface area contributed by atoms with E-state index < -0.39 is 0 Å². The lowest BCUT2D eigenvalue weighted by molar-refractivity contribution is 0.547. The number of likely N-dealkylation sites (N-methyl/N-ethyl adjacent to an activating group) is 1. The van der Waals surface area contributed by atoms with Crippen molar-refractivity contribution >= 4 is 11.4 Å². The van der Waals surface area contributed by atoms with E-state index in [1.54, 1.807) is 5.57 Å². The van der Waals surface area contributed by atoms with Crippen LogP contribution in [0.15, 0.2) is 34.8 Å². The van der Waals surface area contributed by atoms with Gasteiger partial charge in [-0.2, -0.15) is 0 Å². The number of nitrogens with zero attached hydrogens (tertiary/aromatic N) is 2. The summed E-state index contributed by atoms with van der Waals surface area (Å²) in [5.41, 5.74) is 5.99. The third-order valence-corrected chi connectivity index (χ3v) is 4.19. The van der Waals surface area contributed by atoms with Gasteiger partial charge in [-0.15, -0.1) is 0 Å². The van der Waals surface area contributed by atoms with E-state index >= 15 is 0 Å². The Morgan fingerprint density at radius 1 is 1.22 bits per heavy atom. The van der Waals surface area contributed by atoms with E-state index in [4.69, 9.17) is 0 Å². The van der Waals surface area contributed by atoms with Gasteiger partial charge in [-0.05, 0) is 36.5 Å². The molecule has 2 nitrogen and oxygen atoms in total. The highest BCUT2D eigenvalue weighted by molar-refractivity contribution is 5.88. The molecule has 0 N–H and O–H groups in total. The molecule has 94 valence electrons. The molecule has 0 atom stereocenters. The Labute approximate surface area is 109 Å². The van der Waals surface area contributed by atoms with Gasteiger partial charge in [0.05, 0.1) is 6.54 Å². The van der Waals surface area contributed by atoms with Crippen molar-refractivity contribution in [1.29, 1.82) is 0 Å². The Hall–Kier alpha value is -1.57. The van der Waals surface area contributed by atoms with Crippen molar-refractivity contribution in [2.24, 2.45) is 4.99 Å². The van der Waals surface area contributed by atoms with Crippen molar-refractivity contribution in [1.82, 2.24) is 4.90 Å². The molecule has 18 heavy (non-hydrogen) atoms. The van der Waals surface area contributed by atoms with Gasteiger partial charge in [-0.3, -0.25) is 4.99 Å². The van der Waals surface area contributed by atoms with E-state index in [0.717, 1.165) is 19.5 Å². The number of allylic oxidation sites excluding steroid dienone is 1. The molecule has 0 saturated carbocycles. The predicted molar refractivity (Wildman–Crippen MR) is 76.9 cm³/mol. The molecule has 0 fully saturated rings. The van der Waals surface area contributed by atoms with Crippen molar-refractivity contribution in [3.05, 3.63) is 41.0 Å². The van der Waals surface area contributed by atoms with Crippen LogP contribution in [0, 0.1) is 0 Å². The number of rotatable bonds is 2. The number of hydrogen-bond donors (Lipinski definition) is 0. The number of amidine groups is 1. The summed E-state index contributed by atoms with van der Waals surface area (Å²) in [5.74, 6) is 1.27. The molecule has 1 aliphatic heterocycles. The topological polar surface area (TPSA) is 15.6 Å². The van der Waals surface area contributed by atoms with Crippen LogP contribution in [0.3, 0.4) is 0 Å². The average molecular weight is 240 g/mol. The highest BCUT2D eigenvalue weighted by Gasteiger charge is 2.19. The molecule has 0 saturated heterocycles. The van der Waals surface area contributed by atoms with Gasteiger partial charge < -0.3 is 4.90 Å². The first-order valence-electron chi connectivity index (χ1n) is 6.77. The maximum Gasteiger partial charge on any atom is 0.103 e. The van der Waals surface area contributed by atoms with Crippen molar-refractivity contribution < 1.29 is 0 Å². The highest BCUT2D eigenvalue weighted by Crippen LogP contribution is 2.33. The first-order chi connectivity index (χ1) is 8.75. The fourth-order valence-corrected chi connectivity index (χ4v) is 2.95. The minimum atomic E-state index is 0.967. The van der Waals surface area contributed by atoms with Gasteiger partial charge in [0, 0.05) is 20.0 Å². The Morgan fingerprint density at radius 3 is 2.83 bits per heavy atom. The Morgan fingerprint density at radius 2 is 2.06 bits per heavy atom. The smallest absolute Gasteiger partial charge is 0.103 e. The molecule has 0 unspecified atom stereocenters. The van der Waals surface area contributed by atoms with Gasteiger partial charge in [0.15, 0.2) is 0 Å². The minimum Gasteiger partial charge on any atom is -0.361 e. The number of fused-ring (bicyclic) bond motifs is 1. The summed E-state index contributed by atoms with van der Waals surface area (Å²) < 4.78 is 0. The van der Waals surface area contributed by atoms with Crippen LogP contribution in [-0.2, 0) is 6.42 Å². The van der Waals surface area contributed by atoms with Crippen molar-refractivity contribution in [3.63, 3.8) is 0 Å². The molecule has 0 aromatic heterocycles. The van der Waals surface area contributed by atoms with E-state index in [1.807, 2.05) is 0 Å². The van der Waals surface area contributed by atoms with Gasteiger partial charge in [0.25, 0.3) is 0 Å². The molecule has 2 heteroatoms. The van der Waals surface area contributed by atoms with Gasteiger partial charge >= 0.3 is 0 Å². The van der Waals surface area contributed by atoms with E-state index in [0.29, 0.717) is 0 Å². The molecule has 1 aromatic carbocycles. The monoisotopic (exact) mass is 240 g/mol. The minimum absolute atomic E-state index is 0.967. The number of benzene rings is 1. The van der Waals surface area contributed by atoms with E-state index in [-0.39, 0.29) is 0 Å². The zero-order valence-electron chi connectivity index (χ0n) is 11.2. The van der Waals surface area contributed by atoms with Crippen LogP contribution in [0.25, 0.3) is 5.57 Å². The van der Waals surface area contributed by atoms with Crippen LogP contribution in [0.4, 0.5) is 0 Å². The first-order valence-corrected chi connectivity index (χ1v) is 6.77. The molecular weight excluding hydrogens is 220 g/mol. The lowest BCUT2D eigenvalue weighted by Crippen LogP contribution is -2.23. The van der Waals surface area contributed by atoms with Crippen LogP contribution >= 0.6 is 0 Å². The SMILES string of the molecule is CC1=C(CC2=NCCN2C)CCc2ccccc21. The second-order valence-electron chi connectivity index (χ2n) is 5.28. The maximum atomic E-state index is 4.61. The molecule has 0 spiro atoms. The van der Waals surface area contributed by atoms with Crippen molar-refractivity contribution in [2.75, 3.05) is 20.1 Å². The summed E-state index contributed by atoms with van der Waals surface area (Å²) >= 11 is 0.